The van der Waals surface area contributed by atoms with Gasteiger partial charge < -0.3 is 5.32 Å². The first-order valence-corrected chi connectivity index (χ1v) is 6.03. The maximum Gasteiger partial charge on any atom is 0.126 e. The molecule has 2 nitrogen and oxygen atoms in total. The summed E-state index contributed by atoms with van der Waals surface area (Å²) in [6.45, 7) is 5.16. The molecule has 1 aromatic rings. The molecule has 84 valence electrons. The zero-order valence-corrected chi connectivity index (χ0v) is 10.2. The fourth-order valence-corrected chi connectivity index (χ4v) is 1.80. The number of alkyl halides is 1. The molecular weight excluding hydrogens is 208 g/mol. The van der Waals surface area contributed by atoms with Gasteiger partial charge in [0.05, 0.1) is 0 Å². The highest BCUT2D eigenvalue weighted by molar-refractivity contribution is 6.17. The Hall–Kier alpha value is -0.760. The number of anilines is 1. The number of aryl methyl sites for hydroxylation is 1. The van der Waals surface area contributed by atoms with Gasteiger partial charge in [0.15, 0.2) is 0 Å². The van der Waals surface area contributed by atoms with Gasteiger partial charge in [0.25, 0.3) is 0 Å². The van der Waals surface area contributed by atoms with Crippen LogP contribution in [0.4, 0.5) is 5.82 Å². The number of nitrogens with zero attached hydrogens (tertiary/aromatic N) is 1. The maximum absolute atomic E-state index is 5.74. The summed E-state index contributed by atoms with van der Waals surface area (Å²) in [6.07, 6.45) is 2.22. The van der Waals surface area contributed by atoms with E-state index in [1.54, 1.807) is 0 Å². The van der Waals surface area contributed by atoms with E-state index in [0.717, 1.165) is 36.8 Å². The molecule has 1 atom stereocenters. The van der Waals surface area contributed by atoms with Gasteiger partial charge in [-0.15, -0.1) is 11.6 Å². The van der Waals surface area contributed by atoms with Gasteiger partial charge in [-0.2, -0.15) is 0 Å². The van der Waals surface area contributed by atoms with Crippen LogP contribution in [0.15, 0.2) is 18.2 Å². The van der Waals surface area contributed by atoms with E-state index >= 15 is 0 Å². The third-order valence-corrected chi connectivity index (χ3v) is 2.77. The van der Waals surface area contributed by atoms with Crippen LogP contribution in [0.5, 0.6) is 0 Å². The van der Waals surface area contributed by atoms with E-state index in [2.05, 4.69) is 17.2 Å². The van der Waals surface area contributed by atoms with Crippen molar-refractivity contribution in [1.82, 2.24) is 4.98 Å². The molecule has 0 amide bonds. The van der Waals surface area contributed by atoms with Crippen LogP contribution >= 0.6 is 11.6 Å². The first-order chi connectivity index (χ1) is 7.26. The zero-order chi connectivity index (χ0) is 11.1. The predicted octanol–water partition coefficient (Wildman–Crippen LogP) is 3.46. The van der Waals surface area contributed by atoms with E-state index in [4.69, 9.17) is 11.6 Å². The Morgan fingerprint density at radius 2 is 2.27 bits per heavy atom. The lowest BCUT2D eigenvalue weighted by Crippen LogP contribution is -2.14. The predicted molar refractivity (Wildman–Crippen MR) is 66.6 cm³/mol. The average Bonchev–Trinajstić information content (AvgIpc) is 2.24. The molecule has 1 unspecified atom stereocenters. The summed E-state index contributed by atoms with van der Waals surface area (Å²) >= 11 is 5.74. The van der Waals surface area contributed by atoms with Crippen LogP contribution in [-0.4, -0.2) is 17.4 Å². The van der Waals surface area contributed by atoms with Crippen molar-refractivity contribution in [2.45, 2.75) is 26.7 Å². The van der Waals surface area contributed by atoms with E-state index in [1.807, 2.05) is 25.1 Å². The highest BCUT2D eigenvalue weighted by atomic mass is 35.5. The minimum absolute atomic E-state index is 0.643. The maximum atomic E-state index is 5.74. The molecule has 0 aliphatic carbocycles. The second-order valence-electron chi connectivity index (χ2n) is 3.80. The zero-order valence-electron chi connectivity index (χ0n) is 9.46. The Morgan fingerprint density at radius 1 is 1.47 bits per heavy atom. The molecular formula is C12H19ClN2. The Kier molecular flexibility index (Phi) is 5.48. The topological polar surface area (TPSA) is 24.9 Å². The lowest BCUT2D eigenvalue weighted by Gasteiger charge is -2.14. The third-order valence-electron chi connectivity index (χ3n) is 2.55. The Balaban J connectivity index is 2.41. The first kappa shape index (κ1) is 12.3. The van der Waals surface area contributed by atoms with Crippen LogP contribution in [-0.2, 0) is 0 Å². The van der Waals surface area contributed by atoms with Crippen molar-refractivity contribution < 1.29 is 0 Å². The number of nitrogens with one attached hydrogen (secondary N) is 1. The highest BCUT2D eigenvalue weighted by Gasteiger charge is 2.05. The van der Waals surface area contributed by atoms with Crippen molar-refractivity contribution in [2.75, 3.05) is 17.7 Å². The number of aromatic nitrogens is 1. The molecule has 0 aromatic carbocycles. The largest absolute Gasteiger partial charge is 0.370 e. The van der Waals surface area contributed by atoms with Gasteiger partial charge in [-0.05, 0) is 31.4 Å². The number of hydrogen-bond acceptors (Lipinski definition) is 2. The Bertz CT molecular complexity index is 289. The SMILES string of the molecule is CCC(CCCl)CNc1cccc(C)n1. The normalized spacial score (nSPS) is 12.5. The average molecular weight is 227 g/mol. The fourth-order valence-electron chi connectivity index (χ4n) is 1.50. The van der Waals surface area contributed by atoms with E-state index in [-0.39, 0.29) is 0 Å². The molecule has 0 saturated heterocycles. The van der Waals surface area contributed by atoms with Gasteiger partial charge in [0.2, 0.25) is 0 Å². The number of rotatable bonds is 6. The molecule has 1 rings (SSSR count). The molecule has 0 spiro atoms. The van der Waals surface area contributed by atoms with Crippen molar-refractivity contribution in [3.8, 4) is 0 Å². The fraction of sp³-hybridized carbons (Fsp3) is 0.583. The van der Waals surface area contributed by atoms with Gasteiger partial charge in [0.1, 0.15) is 5.82 Å². The van der Waals surface area contributed by atoms with E-state index in [0.29, 0.717) is 5.92 Å². The molecule has 0 aliphatic heterocycles. The quantitative estimate of drug-likeness (QED) is 0.752. The molecule has 1 heterocycles. The van der Waals surface area contributed by atoms with Gasteiger partial charge in [-0.3, -0.25) is 0 Å². The van der Waals surface area contributed by atoms with Crippen LogP contribution in [0, 0.1) is 12.8 Å². The number of hydrogen-bond donors (Lipinski definition) is 1. The molecule has 0 bridgehead atoms. The lowest BCUT2D eigenvalue weighted by molar-refractivity contribution is 0.521. The van der Waals surface area contributed by atoms with Crippen molar-refractivity contribution in [2.24, 2.45) is 5.92 Å². The van der Waals surface area contributed by atoms with Crippen LogP contribution in [0.1, 0.15) is 25.5 Å². The van der Waals surface area contributed by atoms with Crippen molar-refractivity contribution in [3.05, 3.63) is 23.9 Å². The molecule has 1 N–H and O–H groups in total. The van der Waals surface area contributed by atoms with Crippen LogP contribution in [0.3, 0.4) is 0 Å². The van der Waals surface area contributed by atoms with E-state index in [9.17, 15) is 0 Å². The van der Waals surface area contributed by atoms with Crippen molar-refractivity contribution in [1.29, 1.82) is 0 Å². The molecule has 0 aliphatic rings. The molecule has 3 heteroatoms. The summed E-state index contributed by atoms with van der Waals surface area (Å²) in [5.41, 5.74) is 1.05. The lowest BCUT2D eigenvalue weighted by atomic mass is 10.0. The minimum Gasteiger partial charge on any atom is -0.370 e. The summed E-state index contributed by atoms with van der Waals surface area (Å²) in [4.78, 5) is 4.40. The third kappa shape index (κ3) is 4.52. The molecule has 0 saturated carbocycles. The van der Waals surface area contributed by atoms with Crippen molar-refractivity contribution in [3.63, 3.8) is 0 Å². The number of halogens is 1. The Labute approximate surface area is 97.1 Å². The van der Waals surface area contributed by atoms with Crippen LogP contribution < -0.4 is 5.32 Å². The standard InChI is InChI=1S/C12H19ClN2/c1-3-11(7-8-13)9-14-12-6-4-5-10(2)15-12/h4-6,11H,3,7-9H2,1-2H3,(H,14,15). The Morgan fingerprint density at radius 3 is 2.87 bits per heavy atom. The summed E-state index contributed by atoms with van der Waals surface area (Å²) in [5.74, 6) is 2.34. The summed E-state index contributed by atoms with van der Waals surface area (Å²) in [7, 11) is 0. The smallest absolute Gasteiger partial charge is 0.126 e. The van der Waals surface area contributed by atoms with E-state index < -0.39 is 0 Å². The second-order valence-corrected chi connectivity index (χ2v) is 4.18. The van der Waals surface area contributed by atoms with Gasteiger partial charge >= 0.3 is 0 Å². The van der Waals surface area contributed by atoms with Crippen molar-refractivity contribution >= 4 is 17.4 Å². The van der Waals surface area contributed by atoms with Gasteiger partial charge in [-0.1, -0.05) is 19.4 Å². The molecule has 15 heavy (non-hydrogen) atoms. The highest BCUT2D eigenvalue weighted by Crippen LogP contribution is 2.11. The molecule has 1 aromatic heterocycles. The van der Waals surface area contributed by atoms with Crippen LogP contribution in [0.2, 0.25) is 0 Å². The summed E-state index contributed by atoms with van der Waals surface area (Å²) in [5, 5.41) is 3.35. The summed E-state index contributed by atoms with van der Waals surface area (Å²) < 4.78 is 0. The van der Waals surface area contributed by atoms with Gasteiger partial charge in [-0.25, -0.2) is 4.98 Å². The van der Waals surface area contributed by atoms with Crippen LogP contribution in [0.25, 0.3) is 0 Å². The molecule has 0 fully saturated rings. The first-order valence-electron chi connectivity index (χ1n) is 5.49. The molecule has 0 radical (unpaired) electrons. The minimum atomic E-state index is 0.643. The summed E-state index contributed by atoms with van der Waals surface area (Å²) in [6, 6.07) is 6.02. The number of pyridine rings is 1. The second kappa shape index (κ2) is 6.67. The monoisotopic (exact) mass is 226 g/mol. The van der Waals surface area contributed by atoms with E-state index in [1.165, 1.54) is 0 Å². The van der Waals surface area contributed by atoms with Gasteiger partial charge in [0, 0.05) is 18.1 Å².